The largest absolute Gasteiger partial charge is 0.347 e. The molecule has 2 heterocycles. The zero-order chi connectivity index (χ0) is 21.0. The van der Waals surface area contributed by atoms with Gasteiger partial charge in [0.25, 0.3) is 5.91 Å². The van der Waals surface area contributed by atoms with Gasteiger partial charge in [-0.3, -0.25) is 9.78 Å². The van der Waals surface area contributed by atoms with E-state index in [1.165, 1.54) is 5.56 Å². The Morgan fingerprint density at radius 1 is 1.20 bits per heavy atom. The number of benzene rings is 1. The Morgan fingerprint density at radius 3 is 2.67 bits per heavy atom. The van der Waals surface area contributed by atoms with E-state index in [0.29, 0.717) is 18.7 Å². The van der Waals surface area contributed by atoms with E-state index in [-0.39, 0.29) is 17.4 Å². The number of aromatic amines is 1. The number of carbonyl (C=O) groups excluding carboxylic acids is 1. The standard InChI is InChI=1S/C23H26ClN5O/c24-19-5-1-4-18(11-19)23(15-25)8-6-21(7-9-23)29(14-20-13-27-16-28-20)22(30)17-3-2-10-26-12-17/h1-5,10-13,16,21H,6-9,14-15,25H2,(H,27,28)/t21-,23-. The van der Waals surface area contributed by atoms with E-state index in [4.69, 9.17) is 17.3 Å². The van der Waals surface area contributed by atoms with E-state index >= 15 is 0 Å². The van der Waals surface area contributed by atoms with Gasteiger partial charge in [0.1, 0.15) is 0 Å². The summed E-state index contributed by atoms with van der Waals surface area (Å²) >= 11 is 6.24. The smallest absolute Gasteiger partial charge is 0.256 e. The molecule has 0 aliphatic heterocycles. The number of aromatic nitrogens is 3. The summed E-state index contributed by atoms with van der Waals surface area (Å²) in [5.41, 5.74) is 8.86. The predicted octanol–water partition coefficient (Wildman–Crippen LogP) is 3.94. The third-order valence-corrected chi connectivity index (χ3v) is 6.48. The number of rotatable bonds is 6. The average molecular weight is 424 g/mol. The van der Waals surface area contributed by atoms with E-state index in [9.17, 15) is 4.79 Å². The monoisotopic (exact) mass is 423 g/mol. The van der Waals surface area contributed by atoms with Crippen LogP contribution in [0.2, 0.25) is 5.02 Å². The van der Waals surface area contributed by atoms with Gasteiger partial charge < -0.3 is 15.6 Å². The summed E-state index contributed by atoms with van der Waals surface area (Å²) in [7, 11) is 0. The minimum atomic E-state index is -0.0988. The molecule has 1 aliphatic carbocycles. The number of nitrogens with one attached hydrogen (secondary N) is 1. The maximum atomic E-state index is 13.3. The summed E-state index contributed by atoms with van der Waals surface area (Å²) < 4.78 is 0. The molecule has 156 valence electrons. The van der Waals surface area contributed by atoms with E-state index in [2.05, 4.69) is 21.0 Å². The molecule has 3 aromatic rings. The van der Waals surface area contributed by atoms with Crippen LogP contribution in [0.1, 0.15) is 47.3 Å². The Morgan fingerprint density at radius 2 is 2.03 bits per heavy atom. The molecule has 0 atom stereocenters. The van der Waals surface area contributed by atoms with Gasteiger partial charge in [0.15, 0.2) is 0 Å². The lowest BCUT2D eigenvalue weighted by atomic mass is 9.68. The van der Waals surface area contributed by atoms with E-state index in [0.717, 1.165) is 36.4 Å². The van der Waals surface area contributed by atoms with Crippen LogP contribution >= 0.6 is 11.6 Å². The molecule has 6 nitrogen and oxygen atoms in total. The van der Waals surface area contributed by atoms with Gasteiger partial charge in [-0.05, 0) is 55.5 Å². The van der Waals surface area contributed by atoms with Crippen molar-refractivity contribution >= 4 is 17.5 Å². The van der Waals surface area contributed by atoms with Crippen LogP contribution in [0.3, 0.4) is 0 Å². The normalized spacial score (nSPS) is 21.3. The Kier molecular flexibility index (Phi) is 6.16. The van der Waals surface area contributed by atoms with Crippen LogP contribution < -0.4 is 5.73 Å². The van der Waals surface area contributed by atoms with E-state index < -0.39 is 0 Å². The molecule has 4 rings (SSSR count). The summed E-state index contributed by atoms with van der Waals surface area (Å²) in [4.78, 5) is 26.6. The van der Waals surface area contributed by atoms with Gasteiger partial charge >= 0.3 is 0 Å². The first kappa shape index (κ1) is 20.6. The number of carbonyl (C=O) groups is 1. The first-order chi connectivity index (χ1) is 14.6. The van der Waals surface area contributed by atoms with Crippen molar-refractivity contribution in [2.75, 3.05) is 6.54 Å². The lowest BCUT2D eigenvalue weighted by Gasteiger charge is -2.43. The first-order valence-corrected chi connectivity index (χ1v) is 10.6. The predicted molar refractivity (Wildman–Crippen MR) is 117 cm³/mol. The molecule has 1 aliphatic rings. The highest BCUT2D eigenvalue weighted by Gasteiger charge is 2.39. The Labute approximate surface area is 181 Å². The summed E-state index contributed by atoms with van der Waals surface area (Å²) in [6.45, 7) is 1.06. The summed E-state index contributed by atoms with van der Waals surface area (Å²) in [6, 6.07) is 11.7. The molecule has 0 spiro atoms. The molecule has 1 fully saturated rings. The van der Waals surface area contributed by atoms with Crippen molar-refractivity contribution in [1.29, 1.82) is 0 Å². The van der Waals surface area contributed by atoms with Crippen LogP contribution in [-0.4, -0.2) is 38.3 Å². The minimum absolute atomic E-state index is 0.00861. The van der Waals surface area contributed by atoms with Crippen LogP contribution in [0.4, 0.5) is 0 Å². The summed E-state index contributed by atoms with van der Waals surface area (Å²) in [6.07, 6.45) is 10.3. The van der Waals surface area contributed by atoms with Crippen LogP contribution in [-0.2, 0) is 12.0 Å². The molecule has 3 N–H and O–H groups in total. The van der Waals surface area contributed by atoms with Gasteiger partial charge in [0.05, 0.1) is 24.1 Å². The van der Waals surface area contributed by atoms with Crippen molar-refractivity contribution in [2.24, 2.45) is 5.73 Å². The van der Waals surface area contributed by atoms with E-state index in [1.54, 1.807) is 31.0 Å². The van der Waals surface area contributed by atoms with Crippen molar-refractivity contribution in [1.82, 2.24) is 19.9 Å². The second-order valence-corrected chi connectivity index (χ2v) is 8.41. The number of pyridine rings is 1. The molecule has 2 aromatic heterocycles. The number of imidazole rings is 1. The zero-order valence-corrected chi connectivity index (χ0v) is 17.6. The summed E-state index contributed by atoms with van der Waals surface area (Å²) in [5.74, 6) is -0.00861. The first-order valence-electron chi connectivity index (χ1n) is 10.3. The van der Waals surface area contributed by atoms with Crippen LogP contribution in [0.5, 0.6) is 0 Å². The van der Waals surface area contributed by atoms with Crippen molar-refractivity contribution in [2.45, 2.75) is 43.7 Å². The highest BCUT2D eigenvalue weighted by atomic mass is 35.5. The zero-order valence-electron chi connectivity index (χ0n) is 16.8. The Balaban J connectivity index is 1.56. The summed E-state index contributed by atoms with van der Waals surface area (Å²) in [5, 5.41) is 0.732. The molecule has 30 heavy (non-hydrogen) atoms. The number of nitrogens with two attached hydrogens (primary N) is 1. The maximum absolute atomic E-state index is 13.3. The maximum Gasteiger partial charge on any atom is 0.256 e. The second kappa shape index (κ2) is 8.98. The number of hydrogen-bond donors (Lipinski definition) is 2. The van der Waals surface area contributed by atoms with Gasteiger partial charge in [-0.1, -0.05) is 23.7 Å². The molecule has 0 bridgehead atoms. The van der Waals surface area contributed by atoms with Crippen LogP contribution in [0.15, 0.2) is 61.3 Å². The molecule has 1 aromatic carbocycles. The van der Waals surface area contributed by atoms with Crippen molar-refractivity contribution in [3.05, 3.63) is 83.2 Å². The molecular formula is C23H26ClN5O. The SMILES string of the molecule is NC[C@]1(c2cccc(Cl)c2)CC[C@H](N(Cc2cnc[nH]2)C(=O)c2cccnc2)CC1. The highest BCUT2D eigenvalue weighted by Crippen LogP contribution is 2.41. The fourth-order valence-corrected chi connectivity index (χ4v) is 4.66. The molecule has 7 heteroatoms. The number of hydrogen-bond acceptors (Lipinski definition) is 4. The third-order valence-electron chi connectivity index (χ3n) is 6.25. The van der Waals surface area contributed by atoms with Gasteiger partial charge in [-0.2, -0.15) is 0 Å². The van der Waals surface area contributed by atoms with Crippen LogP contribution in [0, 0.1) is 0 Å². The van der Waals surface area contributed by atoms with Gasteiger partial charge in [0.2, 0.25) is 0 Å². The quantitative estimate of drug-likeness (QED) is 0.628. The number of H-pyrrole nitrogens is 1. The number of halogens is 1. The third kappa shape index (κ3) is 4.25. The highest BCUT2D eigenvalue weighted by molar-refractivity contribution is 6.30. The van der Waals surface area contributed by atoms with E-state index in [1.807, 2.05) is 29.2 Å². The van der Waals surface area contributed by atoms with Gasteiger partial charge in [0, 0.05) is 41.6 Å². The Hall–Kier alpha value is -2.70. The molecule has 0 saturated heterocycles. The van der Waals surface area contributed by atoms with Crippen LogP contribution in [0.25, 0.3) is 0 Å². The molecule has 1 saturated carbocycles. The minimum Gasteiger partial charge on any atom is -0.347 e. The van der Waals surface area contributed by atoms with Crippen molar-refractivity contribution < 1.29 is 4.79 Å². The van der Waals surface area contributed by atoms with Crippen molar-refractivity contribution in [3.63, 3.8) is 0 Å². The van der Waals surface area contributed by atoms with Crippen molar-refractivity contribution in [3.8, 4) is 0 Å². The van der Waals surface area contributed by atoms with Gasteiger partial charge in [-0.25, -0.2) is 4.98 Å². The van der Waals surface area contributed by atoms with Gasteiger partial charge in [-0.15, -0.1) is 0 Å². The number of nitrogens with zero attached hydrogens (tertiary/aromatic N) is 3. The molecule has 0 unspecified atom stereocenters. The lowest BCUT2D eigenvalue weighted by molar-refractivity contribution is 0.0569. The molecule has 0 radical (unpaired) electrons. The molecule has 1 amide bonds. The number of amides is 1. The second-order valence-electron chi connectivity index (χ2n) is 7.98. The fourth-order valence-electron chi connectivity index (χ4n) is 4.47. The Bertz CT molecular complexity index is 968. The topological polar surface area (TPSA) is 87.9 Å². The lowest BCUT2D eigenvalue weighted by Crippen LogP contribution is -2.47. The molecular weight excluding hydrogens is 398 g/mol. The average Bonchev–Trinajstić information content (AvgIpc) is 3.31. The fraction of sp³-hybridized carbons (Fsp3) is 0.348.